The van der Waals surface area contributed by atoms with Crippen LogP contribution in [0.15, 0.2) is 90.0 Å². The van der Waals surface area contributed by atoms with Crippen LogP contribution in [0, 0.1) is 11.6 Å². The molecule has 0 aliphatic heterocycles. The van der Waals surface area contributed by atoms with Gasteiger partial charge < -0.3 is 15.5 Å². The normalized spacial score (nSPS) is 11.4. The largest absolute Gasteiger partial charge is 0.348 e. The first kappa shape index (κ1) is 29.2. The van der Waals surface area contributed by atoms with Crippen molar-refractivity contribution in [2.24, 2.45) is 0 Å². The van der Waals surface area contributed by atoms with Crippen LogP contribution in [0.1, 0.15) is 27.0 Å². The number of aromatic nitrogens is 4. The fourth-order valence-corrected chi connectivity index (χ4v) is 4.39. The van der Waals surface area contributed by atoms with Crippen molar-refractivity contribution in [3.63, 3.8) is 0 Å². The fourth-order valence-electron chi connectivity index (χ4n) is 4.39. The molecule has 1 amide bonds. The van der Waals surface area contributed by atoms with Gasteiger partial charge in [-0.3, -0.25) is 9.59 Å². The van der Waals surface area contributed by atoms with Gasteiger partial charge in [-0.2, -0.15) is 5.10 Å². The summed E-state index contributed by atoms with van der Waals surface area (Å²) in [5.74, 6) is -2.08. The van der Waals surface area contributed by atoms with Gasteiger partial charge in [0.25, 0.3) is 11.5 Å². The minimum absolute atomic E-state index is 0.107. The maximum absolute atomic E-state index is 13.5. The van der Waals surface area contributed by atoms with E-state index in [0.717, 1.165) is 45.5 Å². The van der Waals surface area contributed by atoms with Crippen LogP contribution in [-0.2, 0) is 13.1 Å². The number of amides is 1. The average Bonchev–Trinajstić information content (AvgIpc) is 2.99. The molecule has 0 aliphatic rings. The van der Waals surface area contributed by atoms with E-state index in [2.05, 4.69) is 42.7 Å². The minimum Gasteiger partial charge on any atom is -0.348 e. The quantitative estimate of drug-likeness (QED) is 0.245. The molecule has 5 aromatic rings. The molecule has 0 radical (unpaired) electrons. The van der Waals surface area contributed by atoms with Crippen LogP contribution in [0.5, 0.6) is 0 Å². The number of hydrogen-bond acceptors (Lipinski definition) is 7. The van der Waals surface area contributed by atoms with E-state index in [1.165, 1.54) is 23.9 Å². The van der Waals surface area contributed by atoms with Crippen LogP contribution >= 0.6 is 0 Å². The Bertz CT molecular complexity index is 1850. The molecular weight excluding hydrogens is 552 g/mol. The Morgan fingerprint density at radius 3 is 2.53 bits per heavy atom. The fraction of sp³-hybridized carbons (Fsp3) is 0.156. The first-order valence-electron chi connectivity index (χ1n) is 13.5. The second kappa shape index (κ2) is 13.1. The van der Waals surface area contributed by atoms with Gasteiger partial charge in [-0.1, -0.05) is 36.4 Å². The smallest absolute Gasteiger partial charge is 0.279 e. The minimum atomic E-state index is -1.02. The molecule has 218 valence electrons. The molecule has 2 heterocycles. The summed E-state index contributed by atoms with van der Waals surface area (Å²) in [6.07, 6.45) is 6.66. The second-order valence-corrected chi connectivity index (χ2v) is 10.1. The molecule has 0 fully saturated rings. The van der Waals surface area contributed by atoms with Gasteiger partial charge in [0, 0.05) is 36.6 Å². The zero-order chi connectivity index (χ0) is 30.3. The van der Waals surface area contributed by atoms with Gasteiger partial charge in [0.15, 0.2) is 11.6 Å². The molecule has 0 atom stereocenters. The lowest BCUT2D eigenvalue weighted by Crippen LogP contribution is -2.34. The zero-order valence-corrected chi connectivity index (χ0v) is 23.6. The third-order valence-corrected chi connectivity index (χ3v) is 6.48. The summed E-state index contributed by atoms with van der Waals surface area (Å²) < 4.78 is 27.8. The topological polar surface area (TPSA) is 105 Å². The number of rotatable bonds is 10. The van der Waals surface area contributed by atoms with E-state index in [9.17, 15) is 18.4 Å². The molecule has 0 aliphatic carbocycles. The molecule has 0 saturated carbocycles. The summed E-state index contributed by atoms with van der Waals surface area (Å²) in [6.45, 7) is 0.935. The molecule has 2 aromatic heterocycles. The molecule has 0 bridgehead atoms. The molecule has 0 spiro atoms. The van der Waals surface area contributed by atoms with Gasteiger partial charge in [-0.15, -0.1) is 0 Å². The number of nitrogens with one attached hydrogen (secondary N) is 2. The number of benzene rings is 3. The highest BCUT2D eigenvalue weighted by Crippen LogP contribution is 2.19. The van der Waals surface area contributed by atoms with E-state index < -0.39 is 23.1 Å². The van der Waals surface area contributed by atoms with Gasteiger partial charge in [0.05, 0.1) is 12.1 Å². The summed E-state index contributed by atoms with van der Waals surface area (Å²) in [4.78, 5) is 36.6. The van der Waals surface area contributed by atoms with Gasteiger partial charge in [-0.25, -0.2) is 23.4 Å². The van der Waals surface area contributed by atoms with Crippen molar-refractivity contribution in [3.05, 3.63) is 129 Å². The third kappa shape index (κ3) is 7.52. The zero-order valence-electron chi connectivity index (χ0n) is 23.6. The van der Waals surface area contributed by atoms with Gasteiger partial charge in [-0.05, 0) is 73.3 Å². The predicted molar refractivity (Wildman–Crippen MR) is 162 cm³/mol. The Morgan fingerprint density at radius 1 is 0.977 bits per heavy atom. The number of nitrogens with zero attached hydrogens (tertiary/aromatic N) is 5. The lowest BCUT2D eigenvalue weighted by Gasteiger charge is -2.11. The Morgan fingerprint density at radius 2 is 1.77 bits per heavy atom. The maximum Gasteiger partial charge on any atom is 0.279 e. The third-order valence-electron chi connectivity index (χ3n) is 6.48. The summed E-state index contributed by atoms with van der Waals surface area (Å²) >= 11 is 0. The highest BCUT2D eigenvalue weighted by Gasteiger charge is 2.13. The van der Waals surface area contributed by atoms with E-state index >= 15 is 0 Å². The molecule has 43 heavy (non-hydrogen) atoms. The van der Waals surface area contributed by atoms with Crippen molar-refractivity contribution in [1.29, 1.82) is 0 Å². The Kier molecular flexibility index (Phi) is 8.92. The van der Waals surface area contributed by atoms with Gasteiger partial charge in [0.2, 0.25) is 5.95 Å². The van der Waals surface area contributed by atoms with E-state index in [-0.39, 0.29) is 18.7 Å². The Hall–Kier alpha value is -5.29. The summed E-state index contributed by atoms with van der Waals surface area (Å²) in [5.41, 5.74) is 3.38. The highest BCUT2D eigenvalue weighted by atomic mass is 19.2. The SMILES string of the molecule is CN(C)Cc1ccc(Nc2ncc3cc(C=CCNC(=O)c4ccnn(Cc5ccc(F)c(F)c5)c4=O)ccc3n2)cc1. The molecular formula is C32H29F2N7O2. The number of hydrogen-bond donors (Lipinski definition) is 2. The lowest BCUT2D eigenvalue weighted by atomic mass is 10.1. The van der Waals surface area contributed by atoms with E-state index in [1.54, 1.807) is 12.3 Å². The number of carbonyl (C=O) groups excluding carboxylic acids is 1. The monoisotopic (exact) mass is 581 g/mol. The van der Waals surface area contributed by atoms with Crippen molar-refractivity contribution in [1.82, 2.24) is 30.0 Å². The molecule has 3 aromatic carbocycles. The molecule has 9 nitrogen and oxygen atoms in total. The van der Waals surface area contributed by atoms with Crippen molar-refractivity contribution < 1.29 is 13.6 Å². The maximum atomic E-state index is 13.5. The van der Waals surface area contributed by atoms with Crippen molar-refractivity contribution in [3.8, 4) is 0 Å². The molecule has 0 unspecified atom stereocenters. The number of anilines is 2. The lowest BCUT2D eigenvalue weighted by molar-refractivity contribution is 0.0955. The first-order chi connectivity index (χ1) is 20.7. The summed E-state index contributed by atoms with van der Waals surface area (Å²) in [5, 5.41) is 10.7. The average molecular weight is 582 g/mol. The second-order valence-electron chi connectivity index (χ2n) is 10.1. The van der Waals surface area contributed by atoms with Crippen molar-refractivity contribution in [2.75, 3.05) is 26.0 Å². The van der Waals surface area contributed by atoms with Crippen molar-refractivity contribution in [2.45, 2.75) is 13.1 Å². The highest BCUT2D eigenvalue weighted by molar-refractivity contribution is 5.93. The standard InChI is InChI=1S/C32H29F2N7O2/c1-40(2)19-22-5-9-25(10-6-22)38-32-36-18-24-16-21(8-12-29(24)39-32)4-3-14-35-30(42)26-13-15-37-41(31(26)43)20-23-7-11-27(33)28(34)17-23/h3-13,15-18H,14,19-20H2,1-2H3,(H,35,42)(H,36,38,39). The van der Waals surface area contributed by atoms with Crippen LogP contribution in [0.25, 0.3) is 17.0 Å². The van der Waals surface area contributed by atoms with E-state index in [4.69, 9.17) is 0 Å². The first-order valence-corrected chi connectivity index (χ1v) is 13.5. The number of carbonyl (C=O) groups is 1. The van der Waals surface area contributed by atoms with E-state index in [0.29, 0.717) is 11.5 Å². The molecule has 11 heteroatoms. The Labute approximate surface area is 246 Å². The predicted octanol–water partition coefficient (Wildman–Crippen LogP) is 4.76. The van der Waals surface area contributed by atoms with E-state index in [1.807, 2.05) is 50.5 Å². The number of fused-ring (bicyclic) bond motifs is 1. The van der Waals surface area contributed by atoms with Crippen LogP contribution < -0.4 is 16.2 Å². The molecule has 5 rings (SSSR count). The summed E-state index contributed by atoms with van der Waals surface area (Å²) in [7, 11) is 4.06. The molecule has 2 N–H and O–H groups in total. The van der Waals surface area contributed by atoms with Crippen LogP contribution in [0.3, 0.4) is 0 Å². The van der Waals surface area contributed by atoms with Crippen LogP contribution in [0.2, 0.25) is 0 Å². The van der Waals surface area contributed by atoms with Gasteiger partial charge in [0.1, 0.15) is 5.56 Å². The van der Waals surface area contributed by atoms with Crippen LogP contribution in [0.4, 0.5) is 20.4 Å². The van der Waals surface area contributed by atoms with Crippen molar-refractivity contribution >= 4 is 34.5 Å². The van der Waals surface area contributed by atoms with Gasteiger partial charge >= 0.3 is 0 Å². The molecule has 0 saturated heterocycles. The Balaban J connectivity index is 1.18. The van der Waals surface area contributed by atoms with Crippen LogP contribution in [-0.4, -0.2) is 51.2 Å². The number of halogens is 2. The summed E-state index contributed by atoms with van der Waals surface area (Å²) in [6, 6.07) is 18.5.